The topological polar surface area (TPSA) is 67.3 Å². The maximum Gasteiger partial charge on any atom is 0.282 e. The van der Waals surface area contributed by atoms with Crippen molar-refractivity contribution in [3.63, 3.8) is 0 Å². The zero-order valence-electron chi connectivity index (χ0n) is 11.9. The van der Waals surface area contributed by atoms with E-state index in [1.165, 1.54) is 20.9 Å². The molecule has 0 spiro atoms. The Morgan fingerprint density at radius 3 is 2.38 bits per heavy atom. The number of hydrogen-bond donors (Lipinski definition) is 0. The molecule has 0 saturated heterocycles. The van der Waals surface area contributed by atoms with Crippen molar-refractivity contribution < 1.29 is 22.0 Å². The van der Waals surface area contributed by atoms with Gasteiger partial charge in [0.1, 0.15) is 10.0 Å². The van der Waals surface area contributed by atoms with Gasteiger partial charge in [0.2, 0.25) is 0 Å². The monoisotopic (exact) mass is 360 g/mol. The second kappa shape index (κ2) is 6.13. The van der Waals surface area contributed by atoms with Gasteiger partial charge in [-0.2, -0.15) is 0 Å². The predicted octanol–water partition coefficient (Wildman–Crippen LogP) is 2.63. The van der Waals surface area contributed by atoms with Gasteiger partial charge >= 0.3 is 0 Å². The number of alkyl halides is 2. The van der Waals surface area contributed by atoms with Gasteiger partial charge in [0.25, 0.3) is 12.3 Å². The summed E-state index contributed by atoms with van der Waals surface area (Å²) in [5, 5.41) is -0.601. The Morgan fingerprint density at radius 2 is 2.00 bits per heavy atom. The van der Waals surface area contributed by atoms with Crippen LogP contribution in [0.1, 0.15) is 35.0 Å². The Bertz CT molecular complexity index is 644. The summed E-state index contributed by atoms with van der Waals surface area (Å²) in [5.41, 5.74) is 0. The highest BCUT2D eigenvalue weighted by Crippen LogP contribution is 2.32. The number of nitrogens with zero attached hydrogens (tertiary/aromatic N) is 2. The molecule has 0 saturated carbocycles. The Morgan fingerprint density at radius 1 is 1.48 bits per heavy atom. The quantitative estimate of drug-likeness (QED) is 0.809. The minimum Gasteiger partial charge on any atom is -0.338 e. The fourth-order valence-corrected chi connectivity index (χ4v) is 3.03. The lowest BCUT2D eigenvalue weighted by molar-refractivity contribution is 0.0784. The van der Waals surface area contributed by atoms with Crippen molar-refractivity contribution >= 4 is 38.7 Å². The second-order valence-electron chi connectivity index (χ2n) is 5.17. The lowest BCUT2D eigenvalue weighted by Crippen LogP contribution is -2.44. The van der Waals surface area contributed by atoms with Gasteiger partial charge in [0.15, 0.2) is 14.8 Å². The number of carbonyl (C=O) groups is 1. The van der Waals surface area contributed by atoms with Crippen molar-refractivity contribution in [2.75, 3.05) is 19.8 Å². The van der Waals surface area contributed by atoms with Gasteiger partial charge in [-0.25, -0.2) is 22.2 Å². The van der Waals surface area contributed by atoms with Gasteiger partial charge in [0, 0.05) is 19.8 Å². The Hall–Kier alpha value is -0.800. The molecule has 0 atom stereocenters. The molecule has 0 fully saturated rings. The number of sulfone groups is 1. The lowest BCUT2D eigenvalue weighted by Gasteiger charge is -2.28. The van der Waals surface area contributed by atoms with E-state index < -0.39 is 36.9 Å². The molecule has 1 aromatic rings. The highest BCUT2D eigenvalue weighted by molar-refractivity contribution is 7.92. The van der Waals surface area contributed by atoms with Crippen LogP contribution in [0.15, 0.2) is 0 Å². The standard InChI is InChI=1S/C11H15ClF2N2O3S2/c1-11(2,21(4,18)19)5-16(3)10(17)9-15-7(12)6(20-9)8(13)14/h8H,5H2,1-4H3. The van der Waals surface area contributed by atoms with E-state index in [9.17, 15) is 22.0 Å². The van der Waals surface area contributed by atoms with Gasteiger partial charge < -0.3 is 4.90 Å². The molecule has 0 unspecified atom stereocenters. The van der Waals surface area contributed by atoms with Crippen molar-refractivity contribution in [3.05, 3.63) is 15.0 Å². The van der Waals surface area contributed by atoms with E-state index in [1.54, 1.807) is 0 Å². The van der Waals surface area contributed by atoms with Crippen LogP contribution in [0.2, 0.25) is 5.15 Å². The number of hydrogen-bond acceptors (Lipinski definition) is 5. The van der Waals surface area contributed by atoms with Crippen molar-refractivity contribution in [3.8, 4) is 0 Å². The molecule has 0 bridgehead atoms. The molecular formula is C11H15ClF2N2O3S2. The number of amides is 1. The van der Waals surface area contributed by atoms with Crippen molar-refractivity contribution in [2.45, 2.75) is 25.0 Å². The van der Waals surface area contributed by atoms with E-state index in [0.717, 1.165) is 11.2 Å². The molecule has 0 aromatic carbocycles. The summed E-state index contributed by atoms with van der Waals surface area (Å²) in [6.45, 7) is 2.86. The third-order valence-electron chi connectivity index (χ3n) is 2.96. The van der Waals surface area contributed by atoms with Gasteiger partial charge in [-0.05, 0) is 13.8 Å². The number of halogens is 3. The van der Waals surface area contributed by atoms with Gasteiger partial charge in [-0.3, -0.25) is 4.79 Å². The predicted molar refractivity (Wildman–Crippen MR) is 78.0 cm³/mol. The molecule has 21 heavy (non-hydrogen) atoms. The van der Waals surface area contributed by atoms with E-state index in [4.69, 9.17) is 11.6 Å². The Kier molecular flexibility index (Phi) is 5.33. The molecule has 1 heterocycles. The van der Waals surface area contributed by atoms with Gasteiger partial charge in [-0.1, -0.05) is 11.6 Å². The van der Waals surface area contributed by atoms with Crippen LogP contribution in [0.4, 0.5) is 8.78 Å². The smallest absolute Gasteiger partial charge is 0.282 e. The van der Waals surface area contributed by atoms with Crippen molar-refractivity contribution in [1.82, 2.24) is 9.88 Å². The van der Waals surface area contributed by atoms with Crippen LogP contribution < -0.4 is 0 Å². The molecule has 10 heteroatoms. The lowest BCUT2D eigenvalue weighted by atomic mass is 10.2. The molecule has 0 aliphatic carbocycles. The maximum absolute atomic E-state index is 12.6. The molecule has 1 aromatic heterocycles. The van der Waals surface area contributed by atoms with Crippen LogP contribution >= 0.6 is 22.9 Å². The first-order valence-corrected chi connectivity index (χ1v) is 8.85. The molecule has 0 aliphatic rings. The Labute approximate surface area is 130 Å². The normalized spacial score (nSPS) is 12.8. The summed E-state index contributed by atoms with van der Waals surface area (Å²) < 4.78 is 47.3. The number of carbonyl (C=O) groups excluding carboxylic acids is 1. The molecule has 120 valence electrons. The second-order valence-corrected chi connectivity index (χ2v) is 9.21. The molecular weight excluding hydrogens is 346 g/mol. The average molecular weight is 361 g/mol. The summed E-state index contributed by atoms with van der Waals surface area (Å²) in [5.74, 6) is -0.648. The molecule has 0 N–H and O–H groups in total. The third kappa shape index (κ3) is 4.10. The minimum absolute atomic E-state index is 0.0914. The van der Waals surface area contributed by atoms with Crippen molar-refractivity contribution in [1.29, 1.82) is 0 Å². The number of aromatic nitrogens is 1. The minimum atomic E-state index is -3.39. The molecule has 0 aliphatic heterocycles. The zero-order chi connectivity index (χ0) is 16.6. The van der Waals surface area contributed by atoms with Gasteiger partial charge in [-0.15, -0.1) is 11.3 Å². The van der Waals surface area contributed by atoms with E-state index in [-0.39, 0.29) is 11.6 Å². The first-order chi connectivity index (χ1) is 9.36. The molecule has 1 rings (SSSR count). The summed E-state index contributed by atoms with van der Waals surface area (Å²) in [6.07, 6.45) is -1.74. The van der Waals surface area contributed by atoms with E-state index in [1.807, 2.05) is 0 Å². The molecule has 5 nitrogen and oxygen atoms in total. The van der Waals surface area contributed by atoms with Crippen LogP contribution in [0, 0.1) is 0 Å². The summed E-state index contributed by atoms with van der Waals surface area (Å²) in [6, 6.07) is 0. The fourth-order valence-electron chi connectivity index (χ4n) is 1.46. The highest BCUT2D eigenvalue weighted by atomic mass is 35.5. The van der Waals surface area contributed by atoms with Crippen LogP contribution in [-0.4, -0.2) is 48.8 Å². The summed E-state index contributed by atoms with van der Waals surface area (Å²) in [7, 11) is -2.00. The largest absolute Gasteiger partial charge is 0.338 e. The molecule has 0 radical (unpaired) electrons. The first-order valence-electron chi connectivity index (χ1n) is 5.76. The van der Waals surface area contributed by atoms with Crippen LogP contribution in [0.3, 0.4) is 0 Å². The van der Waals surface area contributed by atoms with Crippen LogP contribution in [-0.2, 0) is 9.84 Å². The third-order valence-corrected chi connectivity index (χ3v) is 6.55. The molecule has 1 amide bonds. The van der Waals surface area contributed by atoms with Crippen LogP contribution in [0.25, 0.3) is 0 Å². The zero-order valence-corrected chi connectivity index (χ0v) is 14.2. The van der Waals surface area contributed by atoms with E-state index in [2.05, 4.69) is 4.98 Å². The number of rotatable bonds is 5. The number of thiazole rings is 1. The van der Waals surface area contributed by atoms with Crippen LogP contribution in [0.5, 0.6) is 0 Å². The Balaban J connectivity index is 2.97. The maximum atomic E-state index is 12.6. The highest BCUT2D eigenvalue weighted by Gasteiger charge is 2.34. The summed E-state index contributed by atoms with van der Waals surface area (Å²) >= 11 is 6.05. The fraction of sp³-hybridized carbons (Fsp3) is 0.636. The van der Waals surface area contributed by atoms with Crippen molar-refractivity contribution in [2.24, 2.45) is 0 Å². The summed E-state index contributed by atoms with van der Waals surface area (Å²) in [4.78, 5) is 16.4. The SMILES string of the molecule is CN(CC(C)(C)S(C)(=O)=O)C(=O)c1nc(Cl)c(C(F)F)s1. The van der Waals surface area contributed by atoms with Gasteiger partial charge in [0.05, 0.1) is 4.75 Å². The first kappa shape index (κ1) is 18.2. The van der Waals surface area contributed by atoms with E-state index in [0.29, 0.717) is 11.3 Å². The van der Waals surface area contributed by atoms with E-state index >= 15 is 0 Å². The average Bonchev–Trinajstić information content (AvgIpc) is 2.68.